The van der Waals surface area contributed by atoms with E-state index in [1.165, 1.54) is 12.4 Å². The molecule has 0 bridgehead atoms. The molecule has 0 atom stereocenters. The molecule has 0 saturated heterocycles. The van der Waals surface area contributed by atoms with Gasteiger partial charge in [0.25, 0.3) is 0 Å². The normalized spacial score (nSPS) is 10.3. The van der Waals surface area contributed by atoms with Crippen LogP contribution in [-0.4, -0.2) is 22.5 Å². The van der Waals surface area contributed by atoms with Gasteiger partial charge in [-0.3, -0.25) is 0 Å². The SMILES string of the molecule is CCOC(=O)c1cnc(Oc2ccc(-c3ccccc3)cc2Cl)cn1. The highest BCUT2D eigenvalue weighted by Crippen LogP contribution is 2.32. The monoisotopic (exact) mass is 354 g/mol. The minimum atomic E-state index is -0.521. The fourth-order valence-electron chi connectivity index (χ4n) is 2.19. The quantitative estimate of drug-likeness (QED) is 0.618. The standard InChI is InChI=1S/C19H15ClN2O3/c1-2-24-19(23)16-11-22-18(12-21-16)25-17-9-8-14(10-15(17)20)13-6-4-3-5-7-13/h3-12H,2H2,1H3. The predicted octanol–water partition coefficient (Wildman–Crippen LogP) is 4.77. The number of esters is 1. The molecular formula is C19H15ClN2O3. The van der Waals surface area contributed by atoms with Crippen LogP contribution in [0.15, 0.2) is 60.9 Å². The van der Waals surface area contributed by atoms with E-state index in [1.807, 2.05) is 42.5 Å². The van der Waals surface area contributed by atoms with Crippen LogP contribution in [0.25, 0.3) is 11.1 Å². The lowest BCUT2D eigenvalue weighted by Gasteiger charge is -2.09. The average Bonchev–Trinajstić information content (AvgIpc) is 2.65. The van der Waals surface area contributed by atoms with E-state index in [1.54, 1.807) is 13.0 Å². The Morgan fingerprint density at radius 3 is 2.48 bits per heavy atom. The molecule has 3 rings (SSSR count). The van der Waals surface area contributed by atoms with Gasteiger partial charge in [0, 0.05) is 0 Å². The number of benzene rings is 2. The molecule has 0 unspecified atom stereocenters. The van der Waals surface area contributed by atoms with Crippen LogP contribution >= 0.6 is 11.6 Å². The average molecular weight is 355 g/mol. The van der Waals surface area contributed by atoms with E-state index in [4.69, 9.17) is 21.1 Å². The largest absolute Gasteiger partial charge is 0.461 e. The molecule has 1 aromatic heterocycles. The molecule has 0 amide bonds. The molecule has 6 heteroatoms. The first kappa shape index (κ1) is 16.9. The number of nitrogens with zero attached hydrogens (tertiary/aromatic N) is 2. The van der Waals surface area contributed by atoms with Crippen molar-refractivity contribution in [3.63, 3.8) is 0 Å². The molecule has 0 spiro atoms. The van der Waals surface area contributed by atoms with E-state index in [0.29, 0.717) is 10.8 Å². The zero-order valence-corrected chi connectivity index (χ0v) is 14.2. The summed E-state index contributed by atoms with van der Waals surface area (Å²) in [5.41, 5.74) is 2.18. The van der Waals surface area contributed by atoms with Gasteiger partial charge in [-0.1, -0.05) is 48.0 Å². The first-order valence-corrected chi connectivity index (χ1v) is 8.07. The maximum Gasteiger partial charge on any atom is 0.358 e. The van der Waals surface area contributed by atoms with E-state index < -0.39 is 5.97 Å². The second-order valence-electron chi connectivity index (χ2n) is 5.07. The lowest BCUT2D eigenvalue weighted by molar-refractivity contribution is 0.0519. The predicted molar refractivity (Wildman–Crippen MR) is 95.0 cm³/mol. The van der Waals surface area contributed by atoms with Gasteiger partial charge in [-0.2, -0.15) is 0 Å². The highest BCUT2D eigenvalue weighted by atomic mass is 35.5. The molecule has 3 aromatic rings. The molecule has 126 valence electrons. The van der Waals surface area contributed by atoms with Crippen molar-refractivity contribution in [2.75, 3.05) is 6.61 Å². The van der Waals surface area contributed by atoms with Crippen molar-refractivity contribution < 1.29 is 14.3 Å². The Balaban J connectivity index is 1.76. The van der Waals surface area contributed by atoms with Crippen molar-refractivity contribution >= 4 is 17.6 Å². The van der Waals surface area contributed by atoms with E-state index in [-0.39, 0.29) is 18.2 Å². The summed E-state index contributed by atoms with van der Waals surface area (Å²) in [5.74, 6) is 0.175. The fraction of sp³-hybridized carbons (Fsp3) is 0.105. The zero-order chi connectivity index (χ0) is 17.6. The molecule has 1 heterocycles. The Morgan fingerprint density at radius 1 is 1.04 bits per heavy atom. The van der Waals surface area contributed by atoms with Gasteiger partial charge in [-0.15, -0.1) is 0 Å². The molecule has 0 aliphatic carbocycles. The summed E-state index contributed by atoms with van der Waals surface area (Å²) in [6.07, 6.45) is 2.66. The summed E-state index contributed by atoms with van der Waals surface area (Å²) in [4.78, 5) is 19.6. The fourth-order valence-corrected chi connectivity index (χ4v) is 2.40. The molecule has 0 radical (unpaired) electrons. The Labute approximate surface area is 150 Å². The number of hydrogen-bond donors (Lipinski definition) is 0. The second-order valence-corrected chi connectivity index (χ2v) is 5.48. The van der Waals surface area contributed by atoms with E-state index in [9.17, 15) is 4.79 Å². The molecule has 0 N–H and O–H groups in total. The Morgan fingerprint density at radius 2 is 1.84 bits per heavy atom. The van der Waals surface area contributed by atoms with Crippen molar-refractivity contribution in [1.29, 1.82) is 0 Å². The second kappa shape index (κ2) is 7.77. The number of rotatable bonds is 5. The molecule has 2 aromatic carbocycles. The topological polar surface area (TPSA) is 61.3 Å². The third-order valence-electron chi connectivity index (χ3n) is 3.37. The van der Waals surface area contributed by atoms with Gasteiger partial charge < -0.3 is 9.47 Å². The molecule has 0 saturated carbocycles. The number of hydrogen-bond acceptors (Lipinski definition) is 5. The Bertz CT molecular complexity index is 868. The molecule has 0 aliphatic rings. The van der Waals surface area contributed by atoms with E-state index in [2.05, 4.69) is 9.97 Å². The summed E-state index contributed by atoms with van der Waals surface area (Å²) in [6.45, 7) is 2.01. The van der Waals surface area contributed by atoms with Gasteiger partial charge in [-0.25, -0.2) is 14.8 Å². The summed E-state index contributed by atoms with van der Waals surface area (Å²) in [5, 5.41) is 0.456. The van der Waals surface area contributed by atoms with Gasteiger partial charge in [0.05, 0.1) is 24.0 Å². The first-order valence-electron chi connectivity index (χ1n) is 7.69. The first-order chi connectivity index (χ1) is 12.2. The lowest BCUT2D eigenvalue weighted by Crippen LogP contribution is -2.07. The minimum absolute atomic E-state index is 0.125. The van der Waals surface area contributed by atoms with Crippen LogP contribution < -0.4 is 4.74 Å². The van der Waals surface area contributed by atoms with Gasteiger partial charge in [0.2, 0.25) is 5.88 Å². The smallest absolute Gasteiger partial charge is 0.358 e. The van der Waals surface area contributed by atoms with Crippen molar-refractivity contribution in [3.8, 4) is 22.8 Å². The van der Waals surface area contributed by atoms with Crippen molar-refractivity contribution in [2.45, 2.75) is 6.92 Å². The highest BCUT2D eigenvalue weighted by molar-refractivity contribution is 6.32. The van der Waals surface area contributed by atoms with Crippen LogP contribution in [0.3, 0.4) is 0 Å². The molecule has 0 aliphatic heterocycles. The summed E-state index contributed by atoms with van der Waals surface area (Å²) < 4.78 is 10.5. The zero-order valence-electron chi connectivity index (χ0n) is 13.5. The number of aromatic nitrogens is 2. The number of ether oxygens (including phenoxy) is 2. The highest BCUT2D eigenvalue weighted by Gasteiger charge is 2.11. The maximum atomic E-state index is 11.6. The van der Waals surface area contributed by atoms with Gasteiger partial charge in [0.15, 0.2) is 5.69 Å². The molecule has 5 nitrogen and oxygen atoms in total. The van der Waals surface area contributed by atoms with Gasteiger partial charge >= 0.3 is 5.97 Å². The summed E-state index contributed by atoms with van der Waals surface area (Å²) >= 11 is 6.30. The van der Waals surface area contributed by atoms with Crippen LogP contribution in [0.2, 0.25) is 5.02 Å². The van der Waals surface area contributed by atoms with Crippen LogP contribution in [0, 0.1) is 0 Å². The van der Waals surface area contributed by atoms with Crippen LogP contribution in [0.5, 0.6) is 11.6 Å². The number of carbonyl (C=O) groups is 1. The molecule has 0 fully saturated rings. The van der Waals surface area contributed by atoms with E-state index in [0.717, 1.165) is 11.1 Å². The summed E-state index contributed by atoms with van der Waals surface area (Å²) in [6, 6.07) is 15.4. The van der Waals surface area contributed by atoms with Crippen molar-refractivity contribution in [3.05, 3.63) is 71.6 Å². The maximum absolute atomic E-state index is 11.6. The third-order valence-corrected chi connectivity index (χ3v) is 3.66. The number of halogens is 1. The van der Waals surface area contributed by atoms with Crippen LogP contribution in [-0.2, 0) is 4.74 Å². The summed E-state index contributed by atoms with van der Waals surface area (Å²) in [7, 11) is 0. The van der Waals surface area contributed by atoms with Gasteiger partial charge in [-0.05, 0) is 30.2 Å². The Hall–Kier alpha value is -2.92. The van der Waals surface area contributed by atoms with Gasteiger partial charge in [0.1, 0.15) is 5.75 Å². The van der Waals surface area contributed by atoms with Crippen molar-refractivity contribution in [2.24, 2.45) is 0 Å². The lowest BCUT2D eigenvalue weighted by atomic mass is 10.1. The molecular weight excluding hydrogens is 340 g/mol. The van der Waals surface area contributed by atoms with Crippen LogP contribution in [0.4, 0.5) is 0 Å². The third kappa shape index (κ3) is 4.14. The van der Waals surface area contributed by atoms with Crippen LogP contribution in [0.1, 0.15) is 17.4 Å². The number of carbonyl (C=O) groups excluding carboxylic acids is 1. The van der Waals surface area contributed by atoms with Crippen molar-refractivity contribution in [1.82, 2.24) is 9.97 Å². The molecule has 25 heavy (non-hydrogen) atoms. The minimum Gasteiger partial charge on any atom is -0.461 e. The van der Waals surface area contributed by atoms with E-state index >= 15 is 0 Å². The Kier molecular flexibility index (Phi) is 5.26.